The summed E-state index contributed by atoms with van der Waals surface area (Å²) in [5.74, 6) is 0.970. The Bertz CT molecular complexity index is 729. The molecule has 0 unspecified atom stereocenters. The molecule has 0 saturated carbocycles. The largest absolute Gasteiger partial charge is 0.385 e. The predicted octanol–water partition coefficient (Wildman–Crippen LogP) is 3.00. The molecule has 0 aliphatic carbocycles. The summed E-state index contributed by atoms with van der Waals surface area (Å²) in [6, 6.07) is 10.2. The Morgan fingerprint density at radius 1 is 1.30 bits per heavy atom. The van der Waals surface area contributed by atoms with Crippen molar-refractivity contribution in [2.45, 2.75) is 29.2 Å². The third kappa shape index (κ3) is 5.68. The van der Waals surface area contributed by atoms with Crippen LogP contribution in [-0.2, 0) is 9.53 Å². The predicted molar refractivity (Wildman–Crippen MR) is 107 cm³/mol. The van der Waals surface area contributed by atoms with Crippen LogP contribution in [0.5, 0.6) is 0 Å². The molecular weight excluding hydrogens is 360 g/mol. The van der Waals surface area contributed by atoms with Gasteiger partial charge in [0.05, 0.1) is 5.92 Å². The number of carbonyl (C=O) groups excluding carboxylic acids is 1. The van der Waals surface area contributed by atoms with E-state index in [1.807, 2.05) is 18.2 Å². The van der Waals surface area contributed by atoms with Gasteiger partial charge in [0.1, 0.15) is 5.03 Å². The zero-order valence-corrected chi connectivity index (χ0v) is 16.5. The standard InChI is InChI=1S/C20H26N4O2S/c1-26-14-6-10-22-19(25)16-7-5-13-24(15-16)18-20(23-12-11-21-18)27-17-8-3-2-4-9-17/h2-4,8-9,11-12,16H,5-7,10,13-15H2,1H3,(H,22,25)/t16-/m1/s1. The van der Waals surface area contributed by atoms with Gasteiger partial charge in [-0.3, -0.25) is 4.79 Å². The van der Waals surface area contributed by atoms with Gasteiger partial charge >= 0.3 is 0 Å². The number of ether oxygens (including phenoxy) is 1. The minimum Gasteiger partial charge on any atom is -0.385 e. The summed E-state index contributed by atoms with van der Waals surface area (Å²) >= 11 is 1.61. The van der Waals surface area contributed by atoms with Crippen molar-refractivity contribution < 1.29 is 9.53 Å². The van der Waals surface area contributed by atoms with Crippen LogP contribution in [0.25, 0.3) is 0 Å². The van der Waals surface area contributed by atoms with E-state index >= 15 is 0 Å². The molecule has 2 aromatic rings. The molecule has 2 heterocycles. The van der Waals surface area contributed by atoms with Crippen LogP contribution in [0.15, 0.2) is 52.6 Å². The first-order valence-corrected chi connectivity index (χ1v) is 10.1. The highest BCUT2D eigenvalue weighted by Crippen LogP contribution is 2.33. The first kappa shape index (κ1) is 19.6. The van der Waals surface area contributed by atoms with Crippen LogP contribution in [0.3, 0.4) is 0 Å². The molecule has 1 aromatic carbocycles. The zero-order valence-electron chi connectivity index (χ0n) is 15.6. The Labute approximate surface area is 164 Å². The molecule has 1 saturated heterocycles. The molecule has 0 spiro atoms. The lowest BCUT2D eigenvalue weighted by Gasteiger charge is -2.33. The minimum atomic E-state index is -0.0159. The van der Waals surface area contributed by atoms with E-state index in [-0.39, 0.29) is 11.8 Å². The van der Waals surface area contributed by atoms with Gasteiger partial charge in [0.25, 0.3) is 0 Å². The Hall–Kier alpha value is -2.12. The van der Waals surface area contributed by atoms with E-state index in [9.17, 15) is 4.79 Å². The molecule has 7 heteroatoms. The van der Waals surface area contributed by atoms with Crippen molar-refractivity contribution in [1.82, 2.24) is 15.3 Å². The number of nitrogens with zero attached hydrogens (tertiary/aromatic N) is 3. The molecule has 1 N–H and O–H groups in total. The fourth-order valence-corrected chi connectivity index (χ4v) is 4.07. The molecule has 0 radical (unpaired) electrons. The molecule has 1 fully saturated rings. The lowest BCUT2D eigenvalue weighted by Crippen LogP contribution is -2.44. The van der Waals surface area contributed by atoms with Gasteiger partial charge in [-0.2, -0.15) is 0 Å². The van der Waals surface area contributed by atoms with Gasteiger partial charge in [-0.15, -0.1) is 0 Å². The maximum atomic E-state index is 12.5. The Morgan fingerprint density at radius 2 is 2.11 bits per heavy atom. The van der Waals surface area contributed by atoms with Crippen LogP contribution in [0, 0.1) is 5.92 Å². The summed E-state index contributed by atoms with van der Waals surface area (Å²) in [6.07, 6.45) is 6.16. The molecule has 1 aromatic heterocycles. The molecule has 1 aliphatic rings. The van der Waals surface area contributed by atoms with E-state index in [4.69, 9.17) is 4.74 Å². The molecule has 0 bridgehead atoms. The first-order valence-electron chi connectivity index (χ1n) is 9.33. The number of aromatic nitrogens is 2. The van der Waals surface area contributed by atoms with Crippen molar-refractivity contribution in [3.63, 3.8) is 0 Å². The van der Waals surface area contributed by atoms with Crippen LogP contribution in [0.4, 0.5) is 5.82 Å². The van der Waals surface area contributed by atoms with Gasteiger partial charge in [-0.1, -0.05) is 30.0 Å². The summed E-state index contributed by atoms with van der Waals surface area (Å²) in [6.45, 7) is 2.89. The number of methoxy groups -OCH3 is 1. The molecule has 144 valence electrons. The van der Waals surface area contributed by atoms with Crippen molar-refractivity contribution in [1.29, 1.82) is 0 Å². The molecule has 27 heavy (non-hydrogen) atoms. The van der Waals surface area contributed by atoms with Crippen LogP contribution >= 0.6 is 11.8 Å². The highest BCUT2D eigenvalue weighted by molar-refractivity contribution is 7.99. The molecule has 1 atom stereocenters. The number of hydrogen-bond donors (Lipinski definition) is 1. The highest BCUT2D eigenvalue weighted by atomic mass is 32.2. The normalized spacial score (nSPS) is 16.9. The smallest absolute Gasteiger partial charge is 0.224 e. The summed E-state index contributed by atoms with van der Waals surface area (Å²) in [5.41, 5.74) is 0. The van der Waals surface area contributed by atoms with Gasteiger partial charge in [-0.05, 0) is 31.4 Å². The van der Waals surface area contributed by atoms with E-state index in [1.54, 1.807) is 31.3 Å². The van der Waals surface area contributed by atoms with Crippen LogP contribution in [0.2, 0.25) is 0 Å². The average Bonchev–Trinajstić information content (AvgIpc) is 2.72. The number of anilines is 1. The van der Waals surface area contributed by atoms with E-state index in [0.717, 1.165) is 41.5 Å². The van der Waals surface area contributed by atoms with Crippen LogP contribution < -0.4 is 10.2 Å². The first-order chi connectivity index (χ1) is 13.3. The lowest BCUT2D eigenvalue weighted by molar-refractivity contribution is -0.125. The summed E-state index contributed by atoms with van der Waals surface area (Å²) in [4.78, 5) is 24.9. The van der Waals surface area contributed by atoms with E-state index in [1.165, 1.54) is 0 Å². The van der Waals surface area contributed by atoms with Crippen LogP contribution in [-0.4, -0.2) is 49.2 Å². The van der Waals surface area contributed by atoms with Crippen LogP contribution in [0.1, 0.15) is 19.3 Å². The summed E-state index contributed by atoms with van der Waals surface area (Å²) < 4.78 is 5.03. The lowest BCUT2D eigenvalue weighted by atomic mass is 9.97. The summed E-state index contributed by atoms with van der Waals surface area (Å²) in [5, 5.41) is 3.91. The van der Waals surface area contributed by atoms with Crippen molar-refractivity contribution in [3.8, 4) is 0 Å². The highest BCUT2D eigenvalue weighted by Gasteiger charge is 2.27. The van der Waals surface area contributed by atoms with Gasteiger partial charge in [0, 0.05) is 50.6 Å². The molecular formula is C20H26N4O2S. The third-order valence-corrected chi connectivity index (χ3v) is 5.51. The maximum absolute atomic E-state index is 12.5. The second kappa shape index (κ2) is 10.3. The molecule has 3 rings (SSSR count). The number of hydrogen-bond acceptors (Lipinski definition) is 6. The van der Waals surface area contributed by atoms with Crippen molar-refractivity contribution in [3.05, 3.63) is 42.7 Å². The van der Waals surface area contributed by atoms with E-state index in [0.29, 0.717) is 19.7 Å². The Balaban J connectivity index is 1.65. The number of nitrogens with one attached hydrogen (secondary N) is 1. The molecule has 1 amide bonds. The number of rotatable bonds is 8. The van der Waals surface area contributed by atoms with Crippen molar-refractivity contribution in [2.75, 3.05) is 38.3 Å². The van der Waals surface area contributed by atoms with Gasteiger partial charge in [-0.25, -0.2) is 9.97 Å². The number of piperidine rings is 1. The molecule has 6 nitrogen and oxygen atoms in total. The Morgan fingerprint density at radius 3 is 2.93 bits per heavy atom. The summed E-state index contributed by atoms with van der Waals surface area (Å²) in [7, 11) is 1.67. The maximum Gasteiger partial charge on any atom is 0.224 e. The second-order valence-electron chi connectivity index (χ2n) is 6.52. The topological polar surface area (TPSA) is 67.3 Å². The fraction of sp³-hybridized carbons (Fsp3) is 0.450. The third-order valence-electron chi connectivity index (χ3n) is 4.52. The number of amides is 1. The zero-order chi connectivity index (χ0) is 18.9. The van der Waals surface area contributed by atoms with Gasteiger partial charge in [0.2, 0.25) is 5.91 Å². The quantitative estimate of drug-likeness (QED) is 0.704. The van der Waals surface area contributed by atoms with Crippen molar-refractivity contribution >= 4 is 23.5 Å². The molecule has 1 aliphatic heterocycles. The number of carbonyl (C=O) groups is 1. The SMILES string of the molecule is COCCCNC(=O)[C@@H]1CCCN(c2nccnc2Sc2ccccc2)C1. The monoisotopic (exact) mass is 386 g/mol. The number of benzene rings is 1. The minimum absolute atomic E-state index is 0.0159. The van der Waals surface area contributed by atoms with Crippen molar-refractivity contribution in [2.24, 2.45) is 5.92 Å². The van der Waals surface area contributed by atoms with Gasteiger partial charge in [0.15, 0.2) is 5.82 Å². The Kier molecular flexibility index (Phi) is 7.47. The second-order valence-corrected chi connectivity index (χ2v) is 7.58. The van der Waals surface area contributed by atoms with E-state index in [2.05, 4.69) is 32.3 Å². The van der Waals surface area contributed by atoms with E-state index < -0.39 is 0 Å². The van der Waals surface area contributed by atoms with Gasteiger partial charge < -0.3 is 15.0 Å². The average molecular weight is 387 g/mol. The fourth-order valence-electron chi connectivity index (χ4n) is 3.16.